The molecule has 0 heterocycles. The molecule has 0 aliphatic carbocycles. The molecular weight excluding hydrogens is 314 g/mol. The van der Waals surface area contributed by atoms with Crippen molar-refractivity contribution in [2.24, 2.45) is 0 Å². The first-order chi connectivity index (χ1) is 11.1. The molecule has 0 amide bonds. The van der Waals surface area contributed by atoms with Gasteiger partial charge in [0.2, 0.25) is 0 Å². The molecule has 0 saturated heterocycles. The lowest BCUT2D eigenvalue weighted by molar-refractivity contribution is -0.138. The zero-order valence-corrected chi connectivity index (χ0v) is 13.2. The van der Waals surface area contributed by atoms with Crippen LogP contribution in [0.5, 0.6) is 5.75 Å². The van der Waals surface area contributed by atoms with Crippen LogP contribution in [0.1, 0.15) is 11.1 Å². The predicted octanol–water partition coefficient (Wildman–Crippen LogP) is 3.96. The van der Waals surface area contributed by atoms with Crippen molar-refractivity contribution in [3.8, 4) is 11.8 Å². The first-order valence-electron chi connectivity index (χ1n) is 6.80. The van der Waals surface area contributed by atoms with E-state index in [4.69, 9.17) is 21.1 Å². The van der Waals surface area contributed by atoms with E-state index in [0.29, 0.717) is 16.3 Å². The zero-order valence-electron chi connectivity index (χ0n) is 12.5. The molecular formula is C18H14ClNO3. The largest absolute Gasteiger partial charge is 0.425 e. The van der Waals surface area contributed by atoms with Crippen LogP contribution in [0.15, 0.2) is 48.5 Å². The summed E-state index contributed by atoms with van der Waals surface area (Å²) in [5, 5.41) is 9.95. The van der Waals surface area contributed by atoms with E-state index in [1.54, 1.807) is 48.5 Å². The van der Waals surface area contributed by atoms with E-state index in [-0.39, 0.29) is 6.61 Å². The molecule has 0 saturated carbocycles. The number of allylic oxidation sites excluding steroid dienone is 1. The molecule has 0 aromatic heterocycles. The number of nitriles is 1. The van der Waals surface area contributed by atoms with Gasteiger partial charge in [0.25, 0.3) is 0 Å². The molecule has 2 aromatic carbocycles. The van der Waals surface area contributed by atoms with Crippen molar-refractivity contribution in [2.45, 2.75) is 0 Å². The van der Waals surface area contributed by atoms with Crippen molar-refractivity contribution in [2.75, 3.05) is 13.7 Å². The SMILES string of the molecule is COCC(=O)Oc1cccc(/C=C(/C#N)c2ccc(Cl)cc2)c1. The highest BCUT2D eigenvalue weighted by Crippen LogP contribution is 2.22. The summed E-state index contributed by atoms with van der Waals surface area (Å²) in [5.74, 6) is -0.0824. The van der Waals surface area contributed by atoms with Crippen LogP contribution in [0.4, 0.5) is 0 Å². The number of carbonyl (C=O) groups excluding carboxylic acids is 1. The van der Waals surface area contributed by atoms with Gasteiger partial charge in [-0.05, 0) is 41.5 Å². The third kappa shape index (κ3) is 4.96. The topological polar surface area (TPSA) is 59.3 Å². The number of nitrogens with zero attached hydrogens (tertiary/aromatic N) is 1. The van der Waals surface area contributed by atoms with E-state index in [1.165, 1.54) is 7.11 Å². The number of carbonyl (C=O) groups is 1. The van der Waals surface area contributed by atoms with Crippen LogP contribution in [-0.4, -0.2) is 19.7 Å². The maximum Gasteiger partial charge on any atom is 0.337 e. The van der Waals surface area contributed by atoms with E-state index >= 15 is 0 Å². The van der Waals surface area contributed by atoms with Gasteiger partial charge in [0.1, 0.15) is 12.4 Å². The lowest BCUT2D eigenvalue weighted by Crippen LogP contribution is -2.14. The Bertz CT molecular complexity index is 761. The Morgan fingerprint density at radius 2 is 2.00 bits per heavy atom. The third-order valence-corrected chi connectivity index (χ3v) is 3.19. The van der Waals surface area contributed by atoms with E-state index in [1.807, 2.05) is 6.07 Å². The molecule has 0 unspecified atom stereocenters. The molecule has 5 heteroatoms. The maximum atomic E-state index is 11.4. The van der Waals surface area contributed by atoms with Gasteiger partial charge in [0.05, 0.1) is 11.6 Å². The first kappa shape index (κ1) is 16.8. The Morgan fingerprint density at radius 1 is 1.26 bits per heavy atom. The molecule has 2 aromatic rings. The summed E-state index contributed by atoms with van der Waals surface area (Å²) < 4.78 is 9.85. The van der Waals surface area contributed by atoms with Gasteiger partial charge >= 0.3 is 5.97 Å². The van der Waals surface area contributed by atoms with Gasteiger partial charge in [-0.2, -0.15) is 5.26 Å². The minimum Gasteiger partial charge on any atom is -0.425 e. The number of hydrogen-bond donors (Lipinski definition) is 0. The summed E-state index contributed by atoms with van der Waals surface area (Å²) >= 11 is 5.85. The molecule has 2 rings (SSSR count). The van der Waals surface area contributed by atoms with Crippen LogP contribution in [0, 0.1) is 11.3 Å². The summed E-state index contributed by atoms with van der Waals surface area (Å²) in [7, 11) is 1.42. The number of benzene rings is 2. The third-order valence-electron chi connectivity index (χ3n) is 2.94. The Morgan fingerprint density at radius 3 is 2.65 bits per heavy atom. The highest BCUT2D eigenvalue weighted by Gasteiger charge is 2.05. The molecule has 0 fully saturated rings. The first-order valence-corrected chi connectivity index (χ1v) is 7.17. The monoisotopic (exact) mass is 327 g/mol. The van der Waals surface area contributed by atoms with Gasteiger partial charge in [-0.15, -0.1) is 0 Å². The number of rotatable bonds is 5. The number of ether oxygens (including phenoxy) is 2. The van der Waals surface area contributed by atoms with Crippen molar-refractivity contribution in [1.82, 2.24) is 0 Å². The number of methoxy groups -OCH3 is 1. The quantitative estimate of drug-likeness (QED) is 0.361. The van der Waals surface area contributed by atoms with Crippen LogP contribution in [0.25, 0.3) is 11.6 Å². The number of hydrogen-bond acceptors (Lipinski definition) is 4. The van der Waals surface area contributed by atoms with Crippen LogP contribution in [0.3, 0.4) is 0 Å². The van der Waals surface area contributed by atoms with Gasteiger partial charge in [-0.3, -0.25) is 0 Å². The second kappa shape index (κ2) is 8.14. The molecule has 0 spiro atoms. The standard InChI is InChI=1S/C18H14ClNO3/c1-22-12-18(21)23-17-4-2-3-13(10-17)9-15(11-20)14-5-7-16(19)8-6-14/h2-10H,12H2,1H3/b15-9-. The maximum absolute atomic E-state index is 11.4. The Balaban J connectivity index is 2.25. The van der Waals surface area contributed by atoms with Gasteiger partial charge in [0.15, 0.2) is 0 Å². The summed E-state index contributed by atoms with van der Waals surface area (Å²) in [5.41, 5.74) is 2.00. The molecule has 0 radical (unpaired) electrons. The van der Waals surface area contributed by atoms with Crippen LogP contribution < -0.4 is 4.74 Å². The van der Waals surface area contributed by atoms with E-state index in [0.717, 1.165) is 11.1 Å². The van der Waals surface area contributed by atoms with Gasteiger partial charge in [0, 0.05) is 12.1 Å². The molecule has 0 aliphatic rings. The van der Waals surface area contributed by atoms with Crippen LogP contribution in [-0.2, 0) is 9.53 Å². The summed E-state index contributed by atoms with van der Waals surface area (Å²) in [6.45, 7) is -0.117. The second-order valence-electron chi connectivity index (χ2n) is 4.66. The van der Waals surface area contributed by atoms with Crippen molar-refractivity contribution >= 4 is 29.2 Å². The number of esters is 1. The fraction of sp³-hybridized carbons (Fsp3) is 0.111. The molecule has 0 N–H and O–H groups in total. The minimum absolute atomic E-state index is 0.117. The van der Waals surface area contributed by atoms with Crippen molar-refractivity contribution in [3.63, 3.8) is 0 Å². The van der Waals surface area contributed by atoms with E-state index in [9.17, 15) is 10.1 Å². The Kier molecular flexibility index (Phi) is 5.93. The summed E-state index contributed by atoms with van der Waals surface area (Å²) in [6.07, 6.45) is 1.72. The molecule has 23 heavy (non-hydrogen) atoms. The van der Waals surface area contributed by atoms with Crippen molar-refractivity contribution in [1.29, 1.82) is 5.26 Å². The van der Waals surface area contributed by atoms with Crippen molar-refractivity contribution < 1.29 is 14.3 Å². The Labute approximate surface area is 139 Å². The molecule has 0 atom stereocenters. The molecule has 116 valence electrons. The average Bonchev–Trinajstić information content (AvgIpc) is 2.54. The fourth-order valence-electron chi connectivity index (χ4n) is 1.92. The van der Waals surface area contributed by atoms with Gasteiger partial charge in [-0.25, -0.2) is 4.79 Å². The summed E-state index contributed by atoms with van der Waals surface area (Å²) in [6, 6.07) is 16.1. The van der Waals surface area contributed by atoms with Crippen molar-refractivity contribution in [3.05, 3.63) is 64.7 Å². The second-order valence-corrected chi connectivity index (χ2v) is 5.09. The Hall–Kier alpha value is -2.61. The van der Waals surface area contributed by atoms with Crippen LogP contribution in [0.2, 0.25) is 5.02 Å². The lowest BCUT2D eigenvalue weighted by Gasteiger charge is -2.05. The van der Waals surface area contributed by atoms with Gasteiger partial charge < -0.3 is 9.47 Å². The normalized spacial score (nSPS) is 10.9. The minimum atomic E-state index is -0.480. The molecule has 0 bridgehead atoms. The van der Waals surface area contributed by atoms with E-state index < -0.39 is 5.97 Å². The van der Waals surface area contributed by atoms with Gasteiger partial charge in [-0.1, -0.05) is 35.9 Å². The zero-order chi connectivity index (χ0) is 16.7. The molecule has 4 nitrogen and oxygen atoms in total. The van der Waals surface area contributed by atoms with Crippen LogP contribution >= 0.6 is 11.6 Å². The highest BCUT2D eigenvalue weighted by atomic mass is 35.5. The predicted molar refractivity (Wildman–Crippen MR) is 88.9 cm³/mol. The summed E-state index contributed by atoms with van der Waals surface area (Å²) in [4.78, 5) is 11.4. The average molecular weight is 328 g/mol. The fourth-order valence-corrected chi connectivity index (χ4v) is 2.05. The molecule has 0 aliphatic heterocycles. The lowest BCUT2D eigenvalue weighted by atomic mass is 10.0. The highest BCUT2D eigenvalue weighted by molar-refractivity contribution is 6.30. The number of halogens is 1. The smallest absolute Gasteiger partial charge is 0.337 e. The van der Waals surface area contributed by atoms with E-state index in [2.05, 4.69) is 6.07 Å².